The van der Waals surface area contributed by atoms with Crippen LogP contribution in [0.2, 0.25) is 0 Å². The molecule has 0 aliphatic carbocycles. The second kappa shape index (κ2) is 8.61. The minimum absolute atomic E-state index is 0.0111. The van der Waals surface area contributed by atoms with E-state index in [0.717, 1.165) is 6.20 Å². The molecule has 8 nitrogen and oxygen atoms in total. The van der Waals surface area contributed by atoms with Crippen LogP contribution in [0.25, 0.3) is 11.0 Å². The lowest BCUT2D eigenvalue weighted by atomic mass is 10.1. The largest absolute Gasteiger partial charge is 0.495 e. The number of piperidine rings is 1. The summed E-state index contributed by atoms with van der Waals surface area (Å²) in [5.41, 5.74) is -0.316. The zero-order valence-electron chi connectivity index (χ0n) is 18.2. The quantitative estimate of drug-likeness (QED) is 0.457. The average molecular weight is 484 g/mol. The maximum Gasteiger partial charge on any atom is 0.418 e. The molecule has 34 heavy (non-hydrogen) atoms. The Morgan fingerprint density at radius 2 is 1.91 bits per heavy atom. The SMILES string of the molecule is CNc1nc(Nc2ccc(C(=O)N3CCC(F)(F)CC3)cc2OC)nc2[nH]cc(C(F)(F)F)c12. The van der Waals surface area contributed by atoms with Crippen LogP contribution >= 0.6 is 0 Å². The predicted molar refractivity (Wildman–Crippen MR) is 115 cm³/mol. The molecular formula is C21H21F5N6O2. The van der Waals surface area contributed by atoms with Gasteiger partial charge in [-0.15, -0.1) is 0 Å². The van der Waals surface area contributed by atoms with Crippen molar-refractivity contribution < 1.29 is 31.5 Å². The summed E-state index contributed by atoms with van der Waals surface area (Å²) in [5, 5.41) is 5.33. The van der Waals surface area contributed by atoms with Crippen LogP contribution in [0, 0.1) is 0 Å². The molecule has 4 rings (SSSR count). The number of fused-ring (bicyclic) bond motifs is 1. The topological polar surface area (TPSA) is 95.2 Å². The Labute approximate surface area is 190 Å². The van der Waals surface area contributed by atoms with E-state index in [1.807, 2.05) is 0 Å². The number of carbonyl (C=O) groups excluding carboxylic acids is 1. The van der Waals surface area contributed by atoms with Crippen LogP contribution in [0.1, 0.15) is 28.8 Å². The van der Waals surface area contributed by atoms with E-state index < -0.39 is 36.4 Å². The number of benzene rings is 1. The first-order valence-corrected chi connectivity index (χ1v) is 10.3. The lowest BCUT2D eigenvalue weighted by Crippen LogP contribution is -2.42. The van der Waals surface area contributed by atoms with Gasteiger partial charge in [-0.1, -0.05) is 0 Å². The molecule has 1 fully saturated rings. The number of aromatic amines is 1. The maximum atomic E-state index is 13.4. The number of hydrogen-bond donors (Lipinski definition) is 3. The second-order valence-electron chi connectivity index (χ2n) is 7.76. The van der Waals surface area contributed by atoms with Gasteiger partial charge in [0.15, 0.2) is 0 Å². The van der Waals surface area contributed by atoms with Crippen molar-refractivity contribution in [1.29, 1.82) is 0 Å². The maximum absolute atomic E-state index is 13.4. The lowest BCUT2D eigenvalue weighted by Gasteiger charge is -2.31. The van der Waals surface area contributed by atoms with Crippen molar-refractivity contribution in [1.82, 2.24) is 19.9 Å². The van der Waals surface area contributed by atoms with Gasteiger partial charge in [0.05, 0.1) is 23.7 Å². The number of methoxy groups -OCH3 is 1. The molecule has 1 aliphatic heterocycles. The highest BCUT2D eigenvalue weighted by molar-refractivity contribution is 5.96. The summed E-state index contributed by atoms with van der Waals surface area (Å²) in [5.74, 6) is -2.97. The zero-order valence-corrected chi connectivity index (χ0v) is 18.2. The van der Waals surface area contributed by atoms with E-state index in [4.69, 9.17) is 4.74 Å². The first-order chi connectivity index (χ1) is 16.0. The van der Waals surface area contributed by atoms with Crippen LogP contribution in [0.5, 0.6) is 5.75 Å². The normalized spacial score (nSPS) is 15.9. The summed E-state index contributed by atoms with van der Waals surface area (Å²) in [6, 6.07) is 4.46. The van der Waals surface area contributed by atoms with Gasteiger partial charge in [-0.2, -0.15) is 23.1 Å². The fraction of sp³-hybridized carbons (Fsp3) is 0.381. The summed E-state index contributed by atoms with van der Waals surface area (Å²) in [6.45, 7) is -0.101. The minimum atomic E-state index is -4.59. The van der Waals surface area contributed by atoms with E-state index >= 15 is 0 Å². The standard InChI is InChI=1S/C21H21F5N6O2/c1-27-16-15-12(21(24,25)26)10-28-17(15)31-19(30-16)29-13-4-3-11(9-14(13)34-2)18(33)32-7-5-20(22,23)6-8-32/h3-4,9-10H,5-8H2,1-2H3,(H3,27,28,29,30,31). The summed E-state index contributed by atoms with van der Waals surface area (Å²) in [6.07, 6.45) is -4.55. The van der Waals surface area contributed by atoms with Crippen LogP contribution in [0.3, 0.4) is 0 Å². The van der Waals surface area contributed by atoms with Crippen molar-refractivity contribution in [2.75, 3.05) is 37.9 Å². The van der Waals surface area contributed by atoms with Crippen molar-refractivity contribution in [2.45, 2.75) is 24.9 Å². The van der Waals surface area contributed by atoms with Crippen molar-refractivity contribution in [2.24, 2.45) is 0 Å². The summed E-state index contributed by atoms with van der Waals surface area (Å²) in [4.78, 5) is 24.8. The molecule has 13 heteroatoms. The Kier molecular flexibility index (Phi) is 5.96. The highest BCUT2D eigenvalue weighted by atomic mass is 19.4. The predicted octanol–water partition coefficient (Wildman–Crippen LogP) is 4.64. The molecule has 3 N–H and O–H groups in total. The third-order valence-electron chi connectivity index (χ3n) is 5.55. The number of likely N-dealkylation sites (tertiary alicyclic amines) is 1. The second-order valence-corrected chi connectivity index (χ2v) is 7.76. The molecule has 1 aromatic carbocycles. The van der Waals surface area contributed by atoms with E-state index in [2.05, 4.69) is 25.6 Å². The molecule has 0 radical (unpaired) electrons. The molecule has 0 bridgehead atoms. The summed E-state index contributed by atoms with van der Waals surface area (Å²) < 4.78 is 72.0. The van der Waals surface area contributed by atoms with Crippen LogP contribution < -0.4 is 15.4 Å². The van der Waals surface area contributed by atoms with Gasteiger partial charge in [-0.25, -0.2) is 8.78 Å². The molecule has 0 atom stereocenters. The highest BCUT2D eigenvalue weighted by Crippen LogP contribution is 2.38. The third kappa shape index (κ3) is 4.54. The van der Waals surface area contributed by atoms with E-state index in [1.54, 1.807) is 0 Å². The molecular weight excluding hydrogens is 463 g/mol. The molecule has 1 aliphatic rings. The van der Waals surface area contributed by atoms with E-state index in [9.17, 15) is 26.7 Å². The number of carbonyl (C=O) groups is 1. The lowest BCUT2D eigenvalue weighted by molar-refractivity contribution is -0.136. The number of alkyl halides is 5. The van der Waals surface area contributed by atoms with Crippen molar-refractivity contribution in [3.05, 3.63) is 35.5 Å². The van der Waals surface area contributed by atoms with Gasteiger partial charge in [-0.3, -0.25) is 4.79 Å². The fourth-order valence-corrected chi connectivity index (χ4v) is 3.76. The monoisotopic (exact) mass is 484 g/mol. The number of aromatic nitrogens is 3. The molecule has 3 aromatic rings. The Hall–Kier alpha value is -3.64. The average Bonchev–Trinajstić information content (AvgIpc) is 3.23. The first kappa shape index (κ1) is 23.5. The third-order valence-corrected chi connectivity index (χ3v) is 5.55. The zero-order chi connectivity index (χ0) is 24.7. The first-order valence-electron chi connectivity index (χ1n) is 10.3. The summed E-state index contributed by atoms with van der Waals surface area (Å²) in [7, 11) is 2.82. The molecule has 182 valence electrons. The number of ether oxygens (including phenoxy) is 1. The van der Waals surface area contributed by atoms with Crippen molar-refractivity contribution in [3.63, 3.8) is 0 Å². The van der Waals surface area contributed by atoms with Gasteiger partial charge in [0.1, 0.15) is 17.2 Å². The number of nitrogens with one attached hydrogen (secondary N) is 3. The van der Waals surface area contributed by atoms with Crippen LogP contribution in [-0.2, 0) is 6.18 Å². The van der Waals surface area contributed by atoms with Gasteiger partial charge in [0.25, 0.3) is 11.8 Å². The van der Waals surface area contributed by atoms with Gasteiger partial charge in [-0.05, 0) is 18.2 Å². The van der Waals surface area contributed by atoms with Crippen molar-refractivity contribution in [3.8, 4) is 5.75 Å². The minimum Gasteiger partial charge on any atom is -0.495 e. The Bertz CT molecular complexity index is 1220. The number of halogens is 5. The molecule has 1 saturated heterocycles. The highest BCUT2D eigenvalue weighted by Gasteiger charge is 2.36. The molecule has 3 heterocycles. The van der Waals surface area contributed by atoms with Gasteiger partial charge in [0, 0.05) is 44.7 Å². The molecule has 0 saturated carbocycles. The van der Waals surface area contributed by atoms with E-state index in [1.165, 1.54) is 37.3 Å². The molecule has 0 unspecified atom stereocenters. The molecule has 2 aromatic heterocycles. The molecule has 1 amide bonds. The fourth-order valence-electron chi connectivity index (χ4n) is 3.76. The van der Waals surface area contributed by atoms with Crippen molar-refractivity contribution >= 4 is 34.4 Å². The van der Waals surface area contributed by atoms with Gasteiger partial charge < -0.3 is 25.3 Å². The number of hydrogen-bond acceptors (Lipinski definition) is 6. The Morgan fingerprint density at radius 3 is 2.53 bits per heavy atom. The van der Waals surface area contributed by atoms with Gasteiger partial charge in [0.2, 0.25) is 5.95 Å². The molecule has 0 spiro atoms. The Morgan fingerprint density at radius 1 is 1.21 bits per heavy atom. The van der Waals surface area contributed by atoms with E-state index in [-0.39, 0.29) is 47.2 Å². The van der Waals surface area contributed by atoms with E-state index in [0.29, 0.717) is 5.69 Å². The number of H-pyrrole nitrogens is 1. The van der Waals surface area contributed by atoms with Crippen LogP contribution in [0.15, 0.2) is 24.4 Å². The number of rotatable bonds is 5. The number of nitrogens with zero attached hydrogens (tertiary/aromatic N) is 3. The number of amides is 1. The van der Waals surface area contributed by atoms with Crippen LogP contribution in [-0.4, -0.2) is 58.9 Å². The van der Waals surface area contributed by atoms with Crippen LogP contribution in [0.4, 0.5) is 39.4 Å². The Balaban J connectivity index is 1.60. The summed E-state index contributed by atoms with van der Waals surface area (Å²) >= 11 is 0. The number of anilines is 3. The smallest absolute Gasteiger partial charge is 0.418 e. The van der Waals surface area contributed by atoms with Gasteiger partial charge >= 0.3 is 6.18 Å².